The minimum Gasteiger partial charge on any atom is -0.339 e. The van der Waals surface area contributed by atoms with Gasteiger partial charge in [0.1, 0.15) is 0 Å². The molecule has 0 N–H and O–H groups in total. The van der Waals surface area contributed by atoms with E-state index in [1.807, 2.05) is 19.1 Å². The molecule has 1 aliphatic rings. The highest BCUT2D eigenvalue weighted by atomic mass is 16.5. The second-order valence-corrected chi connectivity index (χ2v) is 3.21. The van der Waals surface area contributed by atoms with Gasteiger partial charge in [0.2, 0.25) is 5.89 Å². The standard InChI is InChI=1S/C11H12N2O/c1-9-12-11(14-13-9)8-7-10-5-3-2-4-6-10/h2-5,7H,6,8H2,1H3. The van der Waals surface area contributed by atoms with Gasteiger partial charge in [0.15, 0.2) is 5.82 Å². The molecule has 1 aromatic heterocycles. The highest BCUT2D eigenvalue weighted by molar-refractivity contribution is 5.29. The number of hydrogen-bond acceptors (Lipinski definition) is 3. The van der Waals surface area contributed by atoms with Gasteiger partial charge in [-0.3, -0.25) is 0 Å². The predicted molar refractivity (Wildman–Crippen MR) is 53.7 cm³/mol. The van der Waals surface area contributed by atoms with Gasteiger partial charge in [-0.05, 0) is 18.9 Å². The predicted octanol–water partition coefficient (Wildman–Crippen LogP) is 2.36. The van der Waals surface area contributed by atoms with Crippen LogP contribution in [0.25, 0.3) is 0 Å². The molecule has 0 bridgehead atoms. The molecule has 0 atom stereocenters. The van der Waals surface area contributed by atoms with Crippen molar-refractivity contribution in [2.75, 3.05) is 0 Å². The van der Waals surface area contributed by atoms with Crippen LogP contribution in [-0.2, 0) is 6.42 Å². The molecule has 1 heterocycles. The maximum absolute atomic E-state index is 5.01. The summed E-state index contributed by atoms with van der Waals surface area (Å²) >= 11 is 0. The van der Waals surface area contributed by atoms with Gasteiger partial charge in [0, 0.05) is 6.42 Å². The Morgan fingerprint density at radius 2 is 2.43 bits per heavy atom. The van der Waals surface area contributed by atoms with Crippen LogP contribution < -0.4 is 0 Å². The molecule has 3 heteroatoms. The minimum absolute atomic E-state index is 0.679. The van der Waals surface area contributed by atoms with Crippen molar-refractivity contribution in [1.29, 1.82) is 0 Å². The summed E-state index contributed by atoms with van der Waals surface area (Å²) in [4.78, 5) is 4.13. The Hall–Kier alpha value is -1.64. The van der Waals surface area contributed by atoms with Crippen molar-refractivity contribution in [1.82, 2.24) is 10.1 Å². The van der Waals surface area contributed by atoms with Crippen molar-refractivity contribution in [3.63, 3.8) is 0 Å². The van der Waals surface area contributed by atoms with E-state index in [1.165, 1.54) is 5.57 Å². The quantitative estimate of drug-likeness (QED) is 0.715. The Morgan fingerprint density at radius 1 is 1.50 bits per heavy atom. The molecule has 3 nitrogen and oxygen atoms in total. The second kappa shape index (κ2) is 4.05. The van der Waals surface area contributed by atoms with Crippen LogP contribution in [0.3, 0.4) is 0 Å². The molecule has 0 saturated carbocycles. The van der Waals surface area contributed by atoms with E-state index in [2.05, 4.69) is 28.4 Å². The van der Waals surface area contributed by atoms with Gasteiger partial charge in [0.05, 0.1) is 0 Å². The lowest BCUT2D eigenvalue weighted by Crippen LogP contribution is -1.85. The molecule has 2 rings (SSSR count). The molecule has 0 saturated heterocycles. The van der Waals surface area contributed by atoms with Crippen LogP contribution in [0.1, 0.15) is 18.1 Å². The van der Waals surface area contributed by atoms with Crippen LogP contribution >= 0.6 is 0 Å². The second-order valence-electron chi connectivity index (χ2n) is 3.21. The lowest BCUT2D eigenvalue weighted by atomic mass is 10.1. The number of aromatic nitrogens is 2. The third-order valence-electron chi connectivity index (χ3n) is 2.02. The van der Waals surface area contributed by atoms with Gasteiger partial charge < -0.3 is 4.52 Å². The number of aryl methyl sites for hydroxylation is 1. The largest absolute Gasteiger partial charge is 0.339 e. The fourth-order valence-electron chi connectivity index (χ4n) is 1.32. The van der Waals surface area contributed by atoms with Crippen molar-refractivity contribution < 1.29 is 4.52 Å². The van der Waals surface area contributed by atoms with Crippen LogP contribution in [0.5, 0.6) is 0 Å². The van der Waals surface area contributed by atoms with Crippen molar-refractivity contribution in [3.8, 4) is 0 Å². The van der Waals surface area contributed by atoms with Gasteiger partial charge in [-0.2, -0.15) is 4.98 Å². The molecule has 14 heavy (non-hydrogen) atoms. The third-order valence-corrected chi connectivity index (χ3v) is 2.02. The Labute approximate surface area is 82.8 Å². The van der Waals surface area contributed by atoms with Crippen molar-refractivity contribution in [2.24, 2.45) is 0 Å². The topological polar surface area (TPSA) is 38.9 Å². The van der Waals surface area contributed by atoms with Crippen LogP contribution in [0, 0.1) is 6.92 Å². The summed E-state index contributed by atoms with van der Waals surface area (Å²) in [6, 6.07) is 0. The first kappa shape index (κ1) is 8.94. The normalized spacial score (nSPS) is 17.9. The Kier molecular flexibility index (Phi) is 2.58. The highest BCUT2D eigenvalue weighted by Crippen LogP contribution is 2.11. The zero-order valence-electron chi connectivity index (χ0n) is 8.10. The van der Waals surface area contributed by atoms with Crippen molar-refractivity contribution >= 4 is 0 Å². The molecule has 1 aliphatic carbocycles. The molecule has 0 unspecified atom stereocenters. The molecule has 0 aromatic carbocycles. The Bertz CT molecular complexity index is 399. The van der Waals surface area contributed by atoms with E-state index in [1.54, 1.807) is 0 Å². The first-order valence-corrected chi connectivity index (χ1v) is 4.66. The van der Waals surface area contributed by atoms with Crippen LogP contribution in [0.15, 0.2) is 40.5 Å². The van der Waals surface area contributed by atoms with Crippen molar-refractivity contribution in [2.45, 2.75) is 19.8 Å². The van der Waals surface area contributed by atoms with Gasteiger partial charge >= 0.3 is 0 Å². The van der Waals surface area contributed by atoms with E-state index in [9.17, 15) is 0 Å². The smallest absolute Gasteiger partial charge is 0.230 e. The number of allylic oxidation sites excluding steroid dienone is 6. The average molecular weight is 188 g/mol. The number of rotatable bonds is 2. The van der Waals surface area contributed by atoms with Crippen molar-refractivity contribution in [3.05, 3.63) is 47.7 Å². The van der Waals surface area contributed by atoms with Crippen LogP contribution in [-0.4, -0.2) is 10.1 Å². The lowest BCUT2D eigenvalue weighted by molar-refractivity contribution is 0.382. The fraction of sp³-hybridized carbons (Fsp3) is 0.273. The maximum Gasteiger partial charge on any atom is 0.230 e. The zero-order chi connectivity index (χ0) is 9.80. The summed E-state index contributed by atoms with van der Waals surface area (Å²) in [6.45, 7) is 1.82. The van der Waals surface area contributed by atoms with E-state index in [-0.39, 0.29) is 0 Å². The van der Waals surface area contributed by atoms with Gasteiger partial charge in [-0.25, -0.2) is 0 Å². The third kappa shape index (κ3) is 2.19. The lowest BCUT2D eigenvalue weighted by Gasteiger charge is -1.99. The monoisotopic (exact) mass is 188 g/mol. The summed E-state index contributed by atoms with van der Waals surface area (Å²) in [6.07, 6.45) is 12.1. The van der Waals surface area contributed by atoms with Gasteiger partial charge in [0.25, 0.3) is 0 Å². The molecular formula is C11H12N2O. The zero-order valence-corrected chi connectivity index (χ0v) is 8.10. The number of nitrogens with zero attached hydrogens (tertiary/aromatic N) is 2. The molecule has 1 aromatic rings. The average Bonchev–Trinajstić information content (AvgIpc) is 2.63. The molecule has 0 spiro atoms. The van der Waals surface area contributed by atoms with E-state index in [0.29, 0.717) is 18.1 Å². The van der Waals surface area contributed by atoms with Gasteiger partial charge in [-0.1, -0.05) is 35.5 Å². The van der Waals surface area contributed by atoms with Gasteiger partial charge in [-0.15, -0.1) is 0 Å². The molecule has 0 radical (unpaired) electrons. The molecular weight excluding hydrogens is 176 g/mol. The Balaban J connectivity index is 1.99. The Morgan fingerprint density at radius 3 is 3.07 bits per heavy atom. The summed E-state index contributed by atoms with van der Waals surface area (Å²) < 4.78 is 5.01. The van der Waals surface area contributed by atoms with E-state index in [4.69, 9.17) is 4.52 Å². The highest BCUT2D eigenvalue weighted by Gasteiger charge is 2.00. The van der Waals surface area contributed by atoms with E-state index >= 15 is 0 Å². The molecule has 0 aliphatic heterocycles. The van der Waals surface area contributed by atoms with E-state index in [0.717, 1.165) is 6.42 Å². The first-order valence-electron chi connectivity index (χ1n) is 4.66. The van der Waals surface area contributed by atoms with Crippen LogP contribution in [0.2, 0.25) is 0 Å². The SMILES string of the molecule is Cc1noc(CC=C2C=CC=CC2)n1. The minimum atomic E-state index is 0.679. The summed E-state index contributed by atoms with van der Waals surface area (Å²) in [5.74, 6) is 1.37. The van der Waals surface area contributed by atoms with Crippen LogP contribution in [0.4, 0.5) is 0 Å². The molecule has 0 fully saturated rings. The summed E-state index contributed by atoms with van der Waals surface area (Å²) in [7, 11) is 0. The fourth-order valence-corrected chi connectivity index (χ4v) is 1.32. The summed E-state index contributed by atoms with van der Waals surface area (Å²) in [5.41, 5.74) is 1.29. The molecule has 0 amide bonds. The summed E-state index contributed by atoms with van der Waals surface area (Å²) in [5, 5.41) is 3.73. The van der Waals surface area contributed by atoms with E-state index < -0.39 is 0 Å². The maximum atomic E-state index is 5.01. The first-order chi connectivity index (χ1) is 6.84. The number of hydrogen-bond donors (Lipinski definition) is 0. The molecule has 72 valence electrons.